The topological polar surface area (TPSA) is 22.2 Å². The third kappa shape index (κ3) is 3.93. The molecule has 3 heteroatoms. The molecule has 0 amide bonds. The van der Waals surface area contributed by atoms with Crippen LogP contribution >= 0.6 is 0 Å². The molecule has 43 heavy (non-hydrogen) atoms. The zero-order valence-electron chi connectivity index (χ0n) is 23.9. The molecule has 2 heterocycles. The zero-order chi connectivity index (χ0) is 28.9. The number of benzene rings is 6. The molecule has 204 valence electrons. The van der Waals surface area contributed by atoms with E-state index in [-0.39, 0.29) is 0 Å². The van der Waals surface area contributed by atoms with Gasteiger partial charge in [-0.1, -0.05) is 91.0 Å². The van der Waals surface area contributed by atoms with E-state index >= 15 is 0 Å². The molecule has 3 nitrogen and oxygen atoms in total. The van der Waals surface area contributed by atoms with Gasteiger partial charge in [0.1, 0.15) is 0 Å². The van der Waals surface area contributed by atoms with Gasteiger partial charge in [-0.3, -0.25) is 4.99 Å². The summed E-state index contributed by atoms with van der Waals surface area (Å²) in [5, 5.41) is 6.16. The molecular formula is C40H29N3. The standard InChI is InChI=1S/C40H29N3/c1-27-33(23-24-41-2)36-17-10-16-34(40(36)42(27)31-13-4-3-5-14-31)30-20-22-39-37(26-30)35-15-8-9-18-38(35)43(39)32-21-19-28-11-6-7-12-29(28)25-32/h3-26H,2H2,1H3/b24-23-. The molecule has 2 aromatic heterocycles. The van der Waals surface area contributed by atoms with Crippen LogP contribution in [0.25, 0.3) is 72.1 Å². The minimum atomic E-state index is 1.14. The first kappa shape index (κ1) is 25.1. The number of hydrogen-bond acceptors (Lipinski definition) is 1. The number of aromatic nitrogens is 2. The summed E-state index contributed by atoms with van der Waals surface area (Å²) >= 11 is 0. The van der Waals surface area contributed by atoms with E-state index in [9.17, 15) is 0 Å². The van der Waals surface area contributed by atoms with Gasteiger partial charge >= 0.3 is 0 Å². The van der Waals surface area contributed by atoms with Crippen LogP contribution in [0.2, 0.25) is 0 Å². The van der Waals surface area contributed by atoms with Crippen molar-refractivity contribution in [3.63, 3.8) is 0 Å². The van der Waals surface area contributed by atoms with Gasteiger partial charge in [0.05, 0.1) is 16.6 Å². The van der Waals surface area contributed by atoms with Crippen molar-refractivity contribution in [3.05, 3.63) is 151 Å². The lowest BCUT2D eigenvalue weighted by Gasteiger charge is -2.13. The number of para-hydroxylation sites is 3. The van der Waals surface area contributed by atoms with Crippen LogP contribution < -0.4 is 0 Å². The summed E-state index contributed by atoms with van der Waals surface area (Å²) in [6.45, 7) is 5.84. The highest BCUT2D eigenvalue weighted by Crippen LogP contribution is 2.40. The average Bonchev–Trinajstić information content (AvgIpc) is 3.54. The molecule has 8 rings (SSSR count). The molecule has 0 fully saturated rings. The number of aliphatic imine (C=N–C) groups is 1. The number of rotatable bonds is 5. The van der Waals surface area contributed by atoms with E-state index in [4.69, 9.17) is 0 Å². The Morgan fingerprint density at radius 1 is 0.581 bits per heavy atom. The fourth-order valence-electron chi connectivity index (χ4n) is 6.69. The van der Waals surface area contributed by atoms with Crippen LogP contribution in [-0.2, 0) is 0 Å². The van der Waals surface area contributed by atoms with Crippen molar-refractivity contribution < 1.29 is 0 Å². The Balaban J connectivity index is 1.40. The van der Waals surface area contributed by atoms with Gasteiger partial charge in [-0.2, -0.15) is 0 Å². The SMILES string of the molecule is C=N/C=C\c1c(C)n(-c2ccccc2)c2c(-c3ccc4c(c3)c3ccccc3n4-c3ccc4ccccc4c3)cccc12. The third-order valence-corrected chi connectivity index (χ3v) is 8.61. The van der Waals surface area contributed by atoms with Crippen LogP contribution in [0.1, 0.15) is 11.3 Å². The highest BCUT2D eigenvalue weighted by molar-refractivity contribution is 6.12. The molecule has 0 N–H and O–H groups in total. The fourth-order valence-corrected chi connectivity index (χ4v) is 6.69. The summed E-state index contributed by atoms with van der Waals surface area (Å²) in [6.07, 6.45) is 3.84. The smallest absolute Gasteiger partial charge is 0.0615 e. The van der Waals surface area contributed by atoms with Gasteiger partial charge in [-0.15, -0.1) is 0 Å². The largest absolute Gasteiger partial charge is 0.313 e. The second kappa shape index (κ2) is 10.0. The summed E-state index contributed by atoms with van der Waals surface area (Å²) < 4.78 is 4.76. The molecule has 0 saturated heterocycles. The van der Waals surface area contributed by atoms with Crippen molar-refractivity contribution in [2.24, 2.45) is 4.99 Å². The molecule has 0 saturated carbocycles. The quantitative estimate of drug-likeness (QED) is 0.190. The highest BCUT2D eigenvalue weighted by Gasteiger charge is 2.19. The van der Waals surface area contributed by atoms with Crippen LogP contribution in [-0.4, -0.2) is 15.9 Å². The molecule has 0 aliphatic heterocycles. The van der Waals surface area contributed by atoms with Crippen LogP contribution in [0, 0.1) is 6.92 Å². The van der Waals surface area contributed by atoms with E-state index < -0.39 is 0 Å². The minimum absolute atomic E-state index is 1.14. The fraction of sp³-hybridized carbons (Fsp3) is 0.0250. The Bertz CT molecular complexity index is 2370. The van der Waals surface area contributed by atoms with Crippen molar-refractivity contribution in [1.82, 2.24) is 9.13 Å². The van der Waals surface area contributed by atoms with E-state index in [1.165, 1.54) is 66.0 Å². The molecule has 8 aromatic rings. The van der Waals surface area contributed by atoms with E-state index in [0.717, 1.165) is 11.3 Å². The van der Waals surface area contributed by atoms with Crippen molar-refractivity contribution in [1.29, 1.82) is 0 Å². The van der Waals surface area contributed by atoms with Gasteiger partial charge < -0.3 is 9.13 Å². The van der Waals surface area contributed by atoms with Crippen molar-refractivity contribution in [2.75, 3.05) is 0 Å². The molecule has 0 bridgehead atoms. The summed E-state index contributed by atoms with van der Waals surface area (Å²) in [4.78, 5) is 4.01. The number of nitrogens with zero attached hydrogens (tertiary/aromatic N) is 3. The van der Waals surface area contributed by atoms with Crippen molar-refractivity contribution in [2.45, 2.75) is 6.92 Å². The van der Waals surface area contributed by atoms with E-state index in [2.05, 4.69) is 167 Å². The zero-order valence-corrected chi connectivity index (χ0v) is 23.9. The lowest BCUT2D eigenvalue weighted by atomic mass is 9.99. The average molecular weight is 552 g/mol. The molecular weight excluding hydrogens is 522 g/mol. The van der Waals surface area contributed by atoms with Gasteiger partial charge in [0.15, 0.2) is 0 Å². The lowest BCUT2D eigenvalue weighted by Crippen LogP contribution is -1.98. The molecule has 0 unspecified atom stereocenters. The summed E-state index contributed by atoms with van der Waals surface area (Å²) in [5.74, 6) is 0. The Morgan fingerprint density at radius 3 is 2.19 bits per heavy atom. The molecule has 0 atom stereocenters. The van der Waals surface area contributed by atoms with Crippen molar-refractivity contribution >= 4 is 56.3 Å². The van der Waals surface area contributed by atoms with Gasteiger partial charge in [0.2, 0.25) is 0 Å². The maximum atomic E-state index is 4.01. The normalized spacial score (nSPS) is 11.8. The molecule has 6 aromatic carbocycles. The van der Waals surface area contributed by atoms with Crippen LogP contribution in [0.4, 0.5) is 0 Å². The monoisotopic (exact) mass is 551 g/mol. The lowest BCUT2D eigenvalue weighted by molar-refractivity contribution is 1.05. The number of fused-ring (bicyclic) bond motifs is 5. The van der Waals surface area contributed by atoms with E-state index in [0.29, 0.717) is 0 Å². The van der Waals surface area contributed by atoms with Crippen molar-refractivity contribution in [3.8, 4) is 22.5 Å². The predicted molar refractivity (Wildman–Crippen MR) is 184 cm³/mol. The van der Waals surface area contributed by atoms with Crippen LogP contribution in [0.3, 0.4) is 0 Å². The van der Waals surface area contributed by atoms with Gasteiger partial charge in [0, 0.05) is 50.6 Å². The maximum absolute atomic E-state index is 4.01. The van der Waals surface area contributed by atoms with E-state index in [1.54, 1.807) is 6.20 Å². The van der Waals surface area contributed by atoms with Gasteiger partial charge in [0.25, 0.3) is 0 Å². The highest BCUT2D eigenvalue weighted by atomic mass is 15.0. The molecule has 0 aliphatic rings. The first-order chi connectivity index (χ1) is 21.2. The summed E-state index contributed by atoms with van der Waals surface area (Å²) in [5.41, 5.74) is 10.6. The Kier molecular flexibility index (Phi) is 5.83. The number of hydrogen-bond donors (Lipinski definition) is 0. The Morgan fingerprint density at radius 2 is 1.33 bits per heavy atom. The third-order valence-electron chi connectivity index (χ3n) is 8.61. The first-order valence-electron chi connectivity index (χ1n) is 14.6. The first-order valence-corrected chi connectivity index (χ1v) is 14.6. The second-order valence-electron chi connectivity index (χ2n) is 11.0. The van der Waals surface area contributed by atoms with E-state index in [1.807, 2.05) is 0 Å². The van der Waals surface area contributed by atoms with Gasteiger partial charge in [-0.25, -0.2) is 0 Å². The summed E-state index contributed by atoms with van der Waals surface area (Å²) in [6, 6.07) is 48.1. The van der Waals surface area contributed by atoms with Crippen LogP contribution in [0.15, 0.2) is 145 Å². The summed E-state index contributed by atoms with van der Waals surface area (Å²) in [7, 11) is 0. The molecule has 0 spiro atoms. The Labute approximate surface area is 250 Å². The second-order valence-corrected chi connectivity index (χ2v) is 11.0. The molecule has 0 radical (unpaired) electrons. The van der Waals surface area contributed by atoms with Crippen LogP contribution in [0.5, 0.6) is 0 Å². The minimum Gasteiger partial charge on any atom is -0.313 e. The molecule has 0 aliphatic carbocycles. The maximum Gasteiger partial charge on any atom is 0.0615 e. The Hall–Kier alpha value is -5.67. The van der Waals surface area contributed by atoms with Gasteiger partial charge in [-0.05, 0) is 78.5 Å². The predicted octanol–water partition coefficient (Wildman–Crippen LogP) is 10.5.